The molecule has 0 saturated carbocycles. The predicted molar refractivity (Wildman–Crippen MR) is 74.8 cm³/mol. The summed E-state index contributed by atoms with van der Waals surface area (Å²) in [6, 6.07) is 6.03. The van der Waals surface area contributed by atoms with Crippen molar-refractivity contribution in [2.75, 3.05) is 11.4 Å². The Bertz CT molecular complexity index is 388. The highest BCUT2D eigenvalue weighted by molar-refractivity contribution is 6.33. The zero-order valence-corrected chi connectivity index (χ0v) is 11.4. The van der Waals surface area contributed by atoms with Crippen LogP contribution in [-0.2, 0) is 0 Å². The van der Waals surface area contributed by atoms with E-state index < -0.39 is 6.10 Å². The van der Waals surface area contributed by atoms with Crippen LogP contribution in [-0.4, -0.2) is 17.7 Å². The Hall–Kier alpha value is -0.990. The summed E-state index contributed by atoms with van der Waals surface area (Å²) in [4.78, 5) is 2.17. The van der Waals surface area contributed by atoms with Crippen molar-refractivity contribution < 1.29 is 5.11 Å². The van der Waals surface area contributed by atoms with Crippen LogP contribution in [0.25, 0.3) is 0 Å². The molecule has 1 N–H and O–H groups in total. The van der Waals surface area contributed by atoms with Gasteiger partial charge in [-0.25, -0.2) is 0 Å². The average molecular weight is 254 g/mol. The molecule has 0 unspecified atom stereocenters. The number of halogens is 1. The summed E-state index contributed by atoms with van der Waals surface area (Å²) in [6.07, 6.45) is 1.37. The van der Waals surface area contributed by atoms with Gasteiger partial charge in [-0.2, -0.15) is 0 Å². The lowest BCUT2D eigenvalue weighted by atomic mass is 10.1. The molecule has 0 aliphatic carbocycles. The smallest absolute Gasteiger partial charge is 0.0762 e. The molecule has 0 fully saturated rings. The minimum absolute atomic E-state index is 0.350. The molecule has 0 radical (unpaired) electrons. The third-order valence-electron chi connectivity index (χ3n) is 2.71. The van der Waals surface area contributed by atoms with Crippen LogP contribution in [0.2, 0.25) is 5.02 Å². The van der Waals surface area contributed by atoms with Crippen LogP contribution < -0.4 is 4.90 Å². The molecular weight excluding hydrogens is 234 g/mol. The van der Waals surface area contributed by atoms with E-state index in [1.165, 1.54) is 0 Å². The van der Waals surface area contributed by atoms with Gasteiger partial charge in [-0.05, 0) is 38.5 Å². The summed E-state index contributed by atoms with van der Waals surface area (Å²) in [5.41, 5.74) is 1.81. The zero-order chi connectivity index (χ0) is 13.0. The maximum Gasteiger partial charge on any atom is 0.0762 e. The summed E-state index contributed by atoms with van der Waals surface area (Å²) in [5.74, 6) is 0. The number of hydrogen-bond acceptors (Lipinski definition) is 2. The maximum atomic E-state index is 9.50. The molecule has 1 aromatic rings. The standard InChI is InChI=1S/C14H20ClNO/c1-5-8-16(10(2)3)14-7-6-12(11(4)17)9-13(14)15/h5-7,9-11,17H,1,8H2,2-4H3/t11-/m0/s1. The van der Waals surface area contributed by atoms with Crippen LogP contribution in [0, 0.1) is 0 Å². The van der Waals surface area contributed by atoms with E-state index in [9.17, 15) is 5.11 Å². The second-order valence-electron chi connectivity index (χ2n) is 4.42. The zero-order valence-electron chi connectivity index (χ0n) is 10.7. The largest absolute Gasteiger partial charge is 0.389 e. The van der Waals surface area contributed by atoms with Crippen molar-refractivity contribution >= 4 is 17.3 Å². The minimum atomic E-state index is -0.492. The van der Waals surface area contributed by atoms with Crippen molar-refractivity contribution in [1.82, 2.24) is 0 Å². The van der Waals surface area contributed by atoms with Crippen LogP contribution >= 0.6 is 11.6 Å². The van der Waals surface area contributed by atoms with E-state index in [0.717, 1.165) is 17.8 Å². The van der Waals surface area contributed by atoms with Gasteiger partial charge in [0.1, 0.15) is 0 Å². The van der Waals surface area contributed by atoms with Crippen LogP contribution in [0.1, 0.15) is 32.4 Å². The molecule has 1 atom stereocenters. The Balaban J connectivity index is 3.08. The van der Waals surface area contributed by atoms with E-state index in [1.807, 2.05) is 24.3 Å². The summed E-state index contributed by atoms with van der Waals surface area (Å²) in [6.45, 7) is 10.5. The van der Waals surface area contributed by atoms with E-state index in [2.05, 4.69) is 25.3 Å². The molecule has 0 spiro atoms. The number of benzene rings is 1. The summed E-state index contributed by atoms with van der Waals surface area (Å²) >= 11 is 6.26. The predicted octanol–water partition coefficient (Wildman–Crippen LogP) is 3.79. The Morgan fingerprint density at radius 3 is 2.47 bits per heavy atom. The molecule has 2 nitrogen and oxygen atoms in total. The Labute approximate surface area is 109 Å². The molecule has 0 heterocycles. The van der Waals surface area contributed by atoms with Gasteiger partial charge in [-0.1, -0.05) is 23.7 Å². The summed E-state index contributed by atoms with van der Waals surface area (Å²) in [7, 11) is 0. The van der Waals surface area contributed by atoms with Crippen molar-refractivity contribution in [3.63, 3.8) is 0 Å². The topological polar surface area (TPSA) is 23.5 Å². The molecule has 1 aromatic carbocycles. The molecule has 0 aliphatic rings. The Kier molecular flexibility index (Phi) is 5.03. The van der Waals surface area contributed by atoms with E-state index in [4.69, 9.17) is 11.6 Å². The first kappa shape index (κ1) is 14.1. The van der Waals surface area contributed by atoms with Gasteiger partial charge in [0, 0.05) is 12.6 Å². The van der Waals surface area contributed by atoms with Crippen molar-refractivity contribution in [3.05, 3.63) is 41.4 Å². The number of anilines is 1. The molecule has 94 valence electrons. The van der Waals surface area contributed by atoms with Gasteiger partial charge in [0.2, 0.25) is 0 Å². The quantitative estimate of drug-likeness (QED) is 0.807. The molecule has 0 amide bonds. The molecule has 0 bridgehead atoms. The van der Waals surface area contributed by atoms with E-state index in [-0.39, 0.29) is 0 Å². The monoisotopic (exact) mass is 253 g/mol. The molecule has 3 heteroatoms. The van der Waals surface area contributed by atoms with Gasteiger partial charge in [0.15, 0.2) is 0 Å². The van der Waals surface area contributed by atoms with Crippen LogP contribution in [0.3, 0.4) is 0 Å². The van der Waals surface area contributed by atoms with E-state index in [1.54, 1.807) is 6.92 Å². The molecule has 0 aromatic heterocycles. The summed E-state index contributed by atoms with van der Waals surface area (Å²) < 4.78 is 0. The van der Waals surface area contributed by atoms with Crippen LogP contribution in [0.5, 0.6) is 0 Å². The van der Waals surface area contributed by atoms with Gasteiger partial charge >= 0.3 is 0 Å². The third kappa shape index (κ3) is 3.48. The lowest BCUT2D eigenvalue weighted by Crippen LogP contribution is -2.31. The molecular formula is C14H20ClNO. The van der Waals surface area contributed by atoms with Crippen molar-refractivity contribution in [3.8, 4) is 0 Å². The van der Waals surface area contributed by atoms with Crippen LogP contribution in [0.4, 0.5) is 5.69 Å². The highest BCUT2D eigenvalue weighted by Crippen LogP contribution is 2.30. The molecule has 0 aliphatic heterocycles. The SMILES string of the molecule is C=CCN(c1ccc([C@H](C)O)cc1Cl)C(C)C. The minimum Gasteiger partial charge on any atom is -0.389 e. The van der Waals surface area contributed by atoms with Crippen LogP contribution in [0.15, 0.2) is 30.9 Å². The van der Waals surface area contributed by atoms with Crippen molar-refractivity contribution in [1.29, 1.82) is 0 Å². The Morgan fingerprint density at radius 2 is 2.06 bits per heavy atom. The first-order chi connectivity index (χ1) is 7.97. The first-order valence-electron chi connectivity index (χ1n) is 5.82. The van der Waals surface area contributed by atoms with Crippen molar-refractivity contribution in [2.24, 2.45) is 0 Å². The third-order valence-corrected chi connectivity index (χ3v) is 3.02. The molecule has 17 heavy (non-hydrogen) atoms. The average Bonchev–Trinajstić information content (AvgIpc) is 2.26. The maximum absolute atomic E-state index is 9.50. The first-order valence-corrected chi connectivity index (χ1v) is 6.20. The highest BCUT2D eigenvalue weighted by Gasteiger charge is 2.13. The normalized spacial score (nSPS) is 12.6. The molecule has 0 saturated heterocycles. The van der Waals surface area contributed by atoms with Gasteiger partial charge in [0.25, 0.3) is 0 Å². The number of aliphatic hydroxyl groups excluding tert-OH is 1. The second kappa shape index (κ2) is 6.08. The van der Waals surface area contributed by atoms with E-state index in [0.29, 0.717) is 11.1 Å². The second-order valence-corrected chi connectivity index (χ2v) is 4.83. The van der Waals surface area contributed by atoms with Crippen molar-refractivity contribution in [2.45, 2.75) is 32.9 Å². The van der Waals surface area contributed by atoms with Gasteiger partial charge in [-0.3, -0.25) is 0 Å². The lowest BCUT2D eigenvalue weighted by molar-refractivity contribution is 0.199. The highest BCUT2D eigenvalue weighted by atomic mass is 35.5. The lowest BCUT2D eigenvalue weighted by Gasteiger charge is -2.29. The fraction of sp³-hybridized carbons (Fsp3) is 0.429. The van der Waals surface area contributed by atoms with Gasteiger partial charge in [0.05, 0.1) is 16.8 Å². The fourth-order valence-electron chi connectivity index (χ4n) is 1.74. The molecule has 1 rings (SSSR count). The van der Waals surface area contributed by atoms with E-state index >= 15 is 0 Å². The number of nitrogens with zero attached hydrogens (tertiary/aromatic N) is 1. The van der Waals surface area contributed by atoms with Gasteiger partial charge in [-0.15, -0.1) is 6.58 Å². The number of hydrogen-bond donors (Lipinski definition) is 1. The number of rotatable bonds is 5. The fourth-order valence-corrected chi connectivity index (χ4v) is 2.04. The van der Waals surface area contributed by atoms with Gasteiger partial charge < -0.3 is 10.0 Å². The number of aliphatic hydroxyl groups is 1. The Morgan fingerprint density at radius 1 is 1.41 bits per heavy atom. The summed E-state index contributed by atoms with van der Waals surface area (Å²) in [5, 5.41) is 10.2.